The number of nitrogens with two attached hydrogens (primary N) is 1. The molecule has 1 unspecified atom stereocenters. The van der Waals surface area contributed by atoms with Crippen molar-refractivity contribution >= 4 is 43.2 Å². The van der Waals surface area contributed by atoms with Gasteiger partial charge in [0.2, 0.25) is 10.0 Å². The number of halogens is 2. The molecule has 1 aliphatic heterocycles. The van der Waals surface area contributed by atoms with Gasteiger partial charge >= 0.3 is 0 Å². The first kappa shape index (κ1) is 14.8. The van der Waals surface area contributed by atoms with Crippen LogP contribution in [0.15, 0.2) is 27.6 Å². The quantitative estimate of drug-likeness (QED) is 0.831. The Balaban J connectivity index is 2.45. The van der Waals surface area contributed by atoms with Crippen molar-refractivity contribution in [1.82, 2.24) is 4.31 Å². The highest BCUT2D eigenvalue weighted by molar-refractivity contribution is 9.10. The van der Waals surface area contributed by atoms with Crippen LogP contribution in [0.25, 0.3) is 0 Å². The predicted octanol–water partition coefficient (Wildman–Crippen LogP) is 2.03. The van der Waals surface area contributed by atoms with Crippen LogP contribution in [-0.4, -0.2) is 30.3 Å². The highest BCUT2D eigenvalue weighted by Crippen LogP contribution is 2.28. The molecule has 8 heteroatoms. The smallest absolute Gasteiger partial charge is 0.246 e. The lowest BCUT2D eigenvalue weighted by Crippen LogP contribution is -2.43. The van der Waals surface area contributed by atoms with Crippen molar-refractivity contribution in [3.05, 3.63) is 28.5 Å². The first-order valence-corrected chi connectivity index (χ1v) is 8.24. The molecule has 1 aromatic rings. The third-order valence-corrected chi connectivity index (χ3v) is 5.72. The fourth-order valence-electron chi connectivity index (χ4n) is 2.12. The van der Waals surface area contributed by atoms with Gasteiger partial charge in [0.1, 0.15) is 10.7 Å². The van der Waals surface area contributed by atoms with Gasteiger partial charge in [-0.1, -0.05) is 28.1 Å². The minimum absolute atomic E-state index is 0.124. The van der Waals surface area contributed by atoms with Gasteiger partial charge < -0.3 is 5.73 Å². The summed E-state index contributed by atoms with van der Waals surface area (Å²) in [6.45, 7) is 0.305. The molecule has 0 bridgehead atoms. The van der Waals surface area contributed by atoms with Crippen LogP contribution in [0.3, 0.4) is 0 Å². The Morgan fingerprint density at radius 1 is 1.53 bits per heavy atom. The van der Waals surface area contributed by atoms with Crippen LogP contribution in [0.4, 0.5) is 4.39 Å². The van der Waals surface area contributed by atoms with E-state index in [1.807, 2.05) is 0 Å². The van der Waals surface area contributed by atoms with Gasteiger partial charge in [0.05, 0.1) is 11.0 Å². The second-order valence-corrected chi connectivity index (χ2v) is 7.50. The van der Waals surface area contributed by atoms with Crippen LogP contribution >= 0.6 is 28.1 Å². The van der Waals surface area contributed by atoms with E-state index in [1.54, 1.807) is 0 Å². The van der Waals surface area contributed by atoms with Crippen molar-refractivity contribution in [2.75, 3.05) is 6.54 Å². The zero-order chi connectivity index (χ0) is 14.2. The highest BCUT2D eigenvalue weighted by atomic mass is 79.9. The lowest BCUT2D eigenvalue weighted by Gasteiger charge is -2.23. The number of sulfonamides is 1. The first-order valence-electron chi connectivity index (χ1n) is 5.60. The molecule has 19 heavy (non-hydrogen) atoms. The Bertz CT molecular complexity index is 621. The maximum absolute atomic E-state index is 13.8. The predicted molar refractivity (Wildman–Crippen MR) is 77.8 cm³/mol. The summed E-state index contributed by atoms with van der Waals surface area (Å²) in [5, 5.41) is 0. The van der Waals surface area contributed by atoms with Gasteiger partial charge in [-0.25, -0.2) is 12.8 Å². The molecule has 0 radical (unpaired) electrons. The molecule has 0 amide bonds. The fourth-order valence-corrected chi connectivity index (χ4v) is 4.49. The average molecular weight is 367 g/mol. The Hall–Kier alpha value is -0.570. The Labute approximate surface area is 125 Å². The van der Waals surface area contributed by atoms with Crippen LogP contribution in [0.1, 0.15) is 12.8 Å². The molecule has 1 aliphatic rings. The van der Waals surface area contributed by atoms with E-state index in [-0.39, 0.29) is 9.88 Å². The highest BCUT2D eigenvalue weighted by Gasteiger charge is 2.38. The second kappa shape index (κ2) is 5.43. The lowest BCUT2D eigenvalue weighted by molar-refractivity contribution is 0.441. The monoisotopic (exact) mass is 366 g/mol. The fraction of sp³-hybridized carbons (Fsp3) is 0.364. The Morgan fingerprint density at radius 3 is 2.79 bits per heavy atom. The molecule has 4 nitrogen and oxygen atoms in total. The maximum Gasteiger partial charge on any atom is 0.246 e. The van der Waals surface area contributed by atoms with E-state index < -0.39 is 21.9 Å². The van der Waals surface area contributed by atoms with Crippen molar-refractivity contribution in [3.63, 3.8) is 0 Å². The van der Waals surface area contributed by atoms with Gasteiger partial charge in [-0.2, -0.15) is 4.31 Å². The number of thiocarbonyl (C=S) groups is 1. The van der Waals surface area contributed by atoms with Gasteiger partial charge in [0.25, 0.3) is 0 Å². The summed E-state index contributed by atoms with van der Waals surface area (Å²) >= 11 is 7.97. The lowest BCUT2D eigenvalue weighted by atomic mass is 10.2. The topological polar surface area (TPSA) is 63.4 Å². The molecular weight excluding hydrogens is 355 g/mol. The Morgan fingerprint density at radius 2 is 2.21 bits per heavy atom. The van der Waals surface area contributed by atoms with E-state index in [2.05, 4.69) is 15.9 Å². The van der Waals surface area contributed by atoms with E-state index >= 15 is 0 Å². The number of nitrogens with zero attached hydrogens (tertiary/aromatic N) is 1. The van der Waals surface area contributed by atoms with Crippen molar-refractivity contribution in [3.8, 4) is 0 Å². The van der Waals surface area contributed by atoms with Gasteiger partial charge in [0, 0.05) is 11.0 Å². The summed E-state index contributed by atoms with van der Waals surface area (Å²) in [6, 6.07) is 3.33. The van der Waals surface area contributed by atoms with Crippen molar-refractivity contribution in [2.45, 2.75) is 23.8 Å². The molecule has 2 rings (SSSR count). The molecule has 0 aliphatic carbocycles. The van der Waals surface area contributed by atoms with E-state index in [0.717, 1.165) is 6.07 Å². The minimum Gasteiger partial charge on any atom is -0.392 e. The molecular formula is C11H12BrFN2O2S2. The number of hydrogen-bond acceptors (Lipinski definition) is 3. The number of rotatable bonds is 3. The van der Waals surface area contributed by atoms with E-state index in [1.165, 1.54) is 16.4 Å². The van der Waals surface area contributed by atoms with Crippen LogP contribution in [0.5, 0.6) is 0 Å². The van der Waals surface area contributed by atoms with Crippen LogP contribution in [0.2, 0.25) is 0 Å². The molecule has 1 aromatic carbocycles. The largest absolute Gasteiger partial charge is 0.392 e. The van der Waals surface area contributed by atoms with Gasteiger partial charge in [-0.05, 0) is 31.0 Å². The molecule has 1 fully saturated rings. The van der Waals surface area contributed by atoms with Gasteiger partial charge in [-0.15, -0.1) is 0 Å². The van der Waals surface area contributed by atoms with E-state index in [9.17, 15) is 12.8 Å². The molecule has 104 valence electrons. The zero-order valence-corrected chi connectivity index (χ0v) is 13.1. The summed E-state index contributed by atoms with van der Waals surface area (Å²) in [4.78, 5) is -0.225. The second-order valence-electron chi connectivity index (χ2n) is 4.25. The van der Waals surface area contributed by atoms with Crippen molar-refractivity contribution < 1.29 is 12.8 Å². The van der Waals surface area contributed by atoms with Crippen LogP contribution in [0, 0.1) is 5.82 Å². The van der Waals surface area contributed by atoms with E-state index in [4.69, 9.17) is 18.0 Å². The zero-order valence-electron chi connectivity index (χ0n) is 9.84. The average Bonchev–Trinajstić information content (AvgIpc) is 2.77. The molecule has 2 N–H and O–H groups in total. The molecule has 1 saturated heterocycles. The third kappa shape index (κ3) is 2.81. The molecule has 1 atom stereocenters. The molecule has 0 saturated carbocycles. The molecule has 0 aromatic heterocycles. The maximum atomic E-state index is 13.8. The van der Waals surface area contributed by atoms with Crippen molar-refractivity contribution in [1.29, 1.82) is 0 Å². The third-order valence-electron chi connectivity index (χ3n) is 3.01. The van der Waals surface area contributed by atoms with Gasteiger partial charge in [-0.3, -0.25) is 0 Å². The first-order chi connectivity index (χ1) is 8.84. The minimum atomic E-state index is -3.91. The summed E-state index contributed by atoms with van der Waals surface area (Å²) < 4.78 is 40.4. The van der Waals surface area contributed by atoms with E-state index in [0.29, 0.717) is 23.9 Å². The summed E-state index contributed by atoms with van der Waals surface area (Å²) in [5.74, 6) is -0.789. The SMILES string of the molecule is NC(=S)C1CCCN1S(=O)(=O)c1ccc(Br)cc1F. The molecule has 0 spiro atoms. The van der Waals surface area contributed by atoms with Crippen molar-refractivity contribution in [2.24, 2.45) is 5.73 Å². The summed E-state index contributed by atoms with van der Waals surface area (Å²) in [6.07, 6.45) is 1.24. The van der Waals surface area contributed by atoms with Gasteiger partial charge in [0.15, 0.2) is 0 Å². The standard InChI is InChI=1S/C11H12BrFN2O2S2/c12-7-3-4-10(8(13)6-7)19(16,17)15-5-1-2-9(15)11(14)18/h3-4,6,9H,1-2,5H2,(H2,14,18). The number of hydrogen-bond donors (Lipinski definition) is 1. The van der Waals surface area contributed by atoms with Crippen LogP contribution in [-0.2, 0) is 10.0 Å². The number of benzene rings is 1. The van der Waals surface area contributed by atoms with Crippen LogP contribution < -0.4 is 5.73 Å². The molecule has 1 heterocycles. The summed E-state index contributed by atoms with van der Waals surface area (Å²) in [5.41, 5.74) is 5.55. The Kier molecular flexibility index (Phi) is 4.24. The summed E-state index contributed by atoms with van der Waals surface area (Å²) in [7, 11) is -3.91. The normalized spacial score (nSPS) is 20.6.